The van der Waals surface area contributed by atoms with E-state index in [1.807, 2.05) is 44.2 Å². The third-order valence-corrected chi connectivity index (χ3v) is 1.08. The molecule has 1 aromatic rings. The van der Waals surface area contributed by atoms with Gasteiger partial charge in [0, 0.05) is 6.54 Å². The molecule has 1 rings (SSSR count). The Bertz CT molecular complexity index is 232. The van der Waals surface area contributed by atoms with Gasteiger partial charge >= 0.3 is 6.15 Å². The maximum atomic E-state index is 8.12. The van der Waals surface area contributed by atoms with Crippen molar-refractivity contribution in [1.82, 2.24) is 6.15 Å². The third kappa shape index (κ3) is 22.8. The number of hydrogen-bond acceptors (Lipinski definition) is 4. The molecule has 0 bridgehead atoms. The van der Waals surface area contributed by atoms with Crippen LogP contribution in [0.15, 0.2) is 43.5 Å². The van der Waals surface area contributed by atoms with Crippen molar-refractivity contribution in [3.05, 3.63) is 49.1 Å². The second-order valence-corrected chi connectivity index (χ2v) is 1.77. The van der Waals surface area contributed by atoms with E-state index < -0.39 is 0 Å². The summed E-state index contributed by atoms with van der Waals surface area (Å²) in [6.45, 7) is 10.6. The van der Waals surface area contributed by atoms with Gasteiger partial charge in [-0.05, 0) is 5.56 Å². The second kappa shape index (κ2) is 29.2. The van der Waals surface area contributed by atoms with Crippen LogP contribution in [0.3, 0.4) is 0 Å². The zero-order chi connectivity index (χ0) is 12.5. The van der Waals surface area contributed by atoms with Crippen LogP contribution in [0, 0.1) is 0 Å². The van der Waals surface area contributed by atoms with Crippen LogP contribution in [-0.2, 0) is 16.1 Å². The van der Waals surface area contributed by atoms with E-state index in [9.17, 15) is 0 Å². The number of carbonyl (C=O) groups excluding carboxylic acids is 2. The molecule has 0 spiro atoms. The van der Waals surface area contributed by atoms with Gasteiger partial charge in [0.1, 0.15) is 0 Å². The van der Waals surface area contributed by atoms with E-state index in [0.717, 1.165) is 0 Å². The lowest BCUT2D eigenvalue weighted by molar-refractivity contribution is -0.191. The minimum Gasteiger partial charge on any atom is -0.344 e. The van der Waals surface area contributed by atoms with Crippen LogP contribution in [0.25, 0.3) is 0 Å². The Balaban J connectivity index is -0.0000000778. The Kier molecular flexibility index (Phi) is 43.5. The van der Waals surface area contributed by atoms with Gasteiger partial charge in [-0.15, -0.1) is 13.2 Å². The van der Waals surface area contributed by atoms with Crippen molar-refractivity contribution >= 4 is 6.15 Å². The van der Waals surface area contributed by atoms with Gasteiger partial charge in [0.15, 0.2) is 0 Å². The summed E-state index contributed by atoms with van der Waals surface area (Å²) < 4.78 is 0. The lowest BCUT2D eigenvalue weighted by Crippen LogP contribution is -1.94. The summed E-state index contributed by atoms with van der Waals surface area (Å²) >= 11 is 0. The quantitative estimate of drug-likeness (QED) is 0.719. The Labute approximate surface area is 97.7 Å². The van der Waals surface area contributed by atoms with Crippen molar-refractivity contribution in [2.75, 3.05) is 0 Å². The van der Waals surface area contributed by atoms with E-state index in [4.69, 9.17) is 15.3 Å². The molecule has 0 heterocycles. The molecule has 0 fully saturated rings. The fourth-order valence-corrected chi connectivity index (χ4v) is 0.614. The summed E-state index contributed by atoms with van der Waals surface area (Å²) in [7, 11) is 0. The molecule has 4 nitrogen and oxygen atoms in total. The molecule has 5 N–H and O–H groups in total. The molecule has 0 aliphatic heterocycles. The van der Waals surface area contributed by atoms with Crippen molar-refractivity contribution in [1.29, 1.82) is 0 Å². The predicted molar refractivity (Wildman–Crippen MR) is 67.0 cm³/mol. The topological polar surface area (TPSA) is 95.2 Å². The number of benzene rings is 1. The summed E-state index contributed by atoms with van der Waals surface area (Å²) in [5.74, 6) is 0. The van der Waals surface area contributed by atoms with Crippen molar-refractivity contribution < 1.29 is 9.59 Å². The van der Waals surface area contributed by atoms with E-state index in [1.165, 1.54) is 5.56 Å². The number of hydrogen-bond donors (Lipinski definition) is 2. The minimum atomic E-state index is 0. The van der Waals surface area contributed by atoms with Gasteiger partial charge in [-0.1, -0.05) is 44.2 Å². The van der Waals surface area contributed by atoms with Gasteiger partial charge in [0.05, 0.1) is 0 Å². The molecule has 0 aromatic heterocycles. The molecule has 0 radical (unpaired) electrons. The fourth-order valence-electron chi connectivity index (χ4n) is 0.614. The summed E-state index contributed by atoms with van der Waals surface area (Å²) in [4.78, 5) is 16.2. The largest absolute Gasteiger partial charge is 0.373 e. The van der Waals surface area contributed by atoms with Gasteiger partial charge in [-0.3, -0.25) is 0 Å². The maximum absolute atomic E-state index is 8.12. The lowest BCUT2D eigenvalue weighted by atomic mass is 10.2. The van der Waals surface area contributed by atoms with Gasteiger partial charge in [-0.2, -0.15) is 9.59 Å². The monoisotopic (exact) mass is 226 g/mol. The first-order valence-electron chi connectivity index (χ1n) is 4.58. The SMILES string of the molecule is C=C.CC.N.NCc1ccccc1.O=C=O. The highest BCUT2D eigenvalue weighted by molar-refractivity contribution is 5.20. The van der Waals surface area contributed by atoms with E-state index >= 15 is 0 Å². The van der Waals surface area contributed by atoms with Crippen molar-refractivity contribution in [3.8, 4) is 0 Å². The highest BCUT2D eigenvalue weighted by Gasteiger charge is 1.80. The van der Waals surface area contributed by atoms with Gasteiger partial charge in [0.25, 0.3) is 0 Å². The van der Waals surface area contributed by atoms with Crippen LogP contribution >= 0.6 is 0 Å². The molecular formula is C12H22N2O2. The van der Waals surface area contributed by atoms with Crippen LogP contribution in [-0.4, -0.2) is 6.15 Å². The Morgan fingerprint density at radius 1 is 1.12 bits per heavy atom. The van der Waals surface area contributed by atoms with E-state index in [-0.39, 0.29) is 12.3 Å². The first-order chi connectivity index (χ1) is 7.35. The Morgan fingerprint density at radius 3 is 1.62 bits per heavy atom. The lowest BCUT2D eigenvalue weighted by Gasteiger charge is -1.90. The average molecular weight is 226 g/mol. The average Bonchev–Trinajstić information content (AvgIpc) is 2.36. The number of nitrogens with two attached hydrogens (primary N) is 1. The van der Waals surface area contributed by atoms with Crippen LogP contribution in [0.1, 0.15) is 19.4 Å². The summed E-state index contributed by atoms with van der Waals surface area (Å²) in [5.41, 5.74) is 6.54. The smallest absolute Gasteiger partial charge is 0.344 e. The van der Waals surface area contributed by atoms with E-state index in [2.05, 4.69) is 13.2 Å². The molecule has 0 unspecified atom stereocenters. The molecule has 0 aliphatic carbocycles. The molecule has 0 saturated carbocycles. The highest BCUT2D eigenvalue weighted by Crippen LogP contribution is 1.94. The first kappa shape index (κ1) is 23.8. The summed E-state index contributed by atoms with van der Waals surface area (Å²) in [6, 6.07) is 9.99. The number of rotatable bonds is 1. The molecule has 16 heavy (non-hydrogen) atoms. The van der Waals surface area contributed by atoms with Gasteiger partial charge in [-0.25, -0.2) is 0 Å². The highest BCUT2D eigenvalue weighted by atomic mass is 16.2. The molecule has 4 heteroatoms. The van der Waals surface area contributed by atoms with Crippen LogP contribution < -0.4 is 11.9 Å². The normalized spacial score (nSPS) is 5.69. The van der Waals surface area contributed by atoms with Crippen LogP contribution in [0.4, 0.5) is 0 Å². The standard InChI is InChI=1S/C7H9N.C2H6.C2H4.CO2.H3N/c8-6-7-4-2-1-3-5-7;2*1-2;2-1-3;/h1-5H,6,8H2;1-2H3;1-2H2;;1H3. The predicted octanol–water partition coefficient (Wildman–Crippen LogP) is 2.55. The van der Waals surface area contributed by atoms with Crippen molar-refractivity contribution in [2.24, 2.45) is 5.73 Å². The Morgan fingerprint density at radius 2 is 1.44 bits per heavy atom. The summed E-state index contributed by atoms with van der Waals surface area (Å²) in [5, 5.41) is 0. The van der Waals surface area contributed by atoms with Gasteiger partial charge in [0.2, 0.25) is 0 Å². The third-order valence-electron chi connectivity index (χ3n) is 1.08. The van der Waals surface area contributed by atoms with Crippen molar-refractivity contribution in [3.63, 3.8) is 0 Å². The van der Waals surface area contributed by atoms with Crippen LogP contribution in [0.2, 0.25) is 0 Å². The molecule has 0 saturated heterocycles. The molecule has 1 aromatic carbocycles. The summed E-state index contributed by atoms with van der Waals surface area (Å²) in [6.07, 6.45) is 0.250. The van der Waals surface area contributed by atoms with Gasteiger partial charge < -0.3 is 11.9 Å². The van der Waals surface area contributed by atoms with E-state index in [1.54, 1.807) is 0 Å². The maximum Gasteiger partial charge on any atom is 0.373 e. The molecule has 0 amide bonds. The van der Waals surface area contributed by atoms with E-state index in [0.29, 0.717) is 6.54 Å². The zero-order valence-corrected chi connectivity index (χ0v) is 10.1. The minimum absolute atomic E-state index is 0. The second-order valence-electron chi connectivity index (χ2n) is 1.77. The molecule has 0 aliphatic rings. The van der Waals surface area contributed by atoms with Crippen molar-refractivity contribution in [2.45, 2.75) is 20.4 Å². The molecular weight excluding hydrogens is 204 g/mol. The molecule has 92 valence electrons. The zero-order valence-electron chi connectivity index (χ0n) is 10.1. The fraction of sp³-hybridized carbons (Fsp3) is 0.250. The molecule has 0 atom stereocenters. The first-order valence-corrected chi connectivity index (χ1v) is 4.58. The Hall–Kier alpha value is -1.74. The van der Waals surface area contributed by atoms with Crippen LogP contribution in [0.5, 0.6) is 0 Å².